The molecular formula is C24H26N4O5. The predicted molar refractivity (Wildman–Crippen MR) is 124 cm³/mol. The lowest BCUT2D eigenvalue weighted by molar-refractivity contribution is -0.123. The monoisotopic (exact) mass is 450 g/mol. The number of hydrogen-bond acceptors (Lipinski definition) is 6. The van der Waals surface area contributed by atoms with Crippen molar-refractivity contribution < 1.29 is 23.8 Å². The molecule has 2 N–H and O–H groups in total. The number of carbonyl (C=O) groups excluding carboxylic acids is 2. The van der Waals surface area contributed by atoms with Crippen molar-refractivity contribution >= 4 is 23.3 Å². The average molecular weight is 450 g/mol. The summed E-state index contributed by atoms with van der Waals surface area (Å²) in [6.07, 6.45) is -0.0773. The number of nitrogens with one attached hydrogen (secondary N) is 2. The van der Waals surface area contributed by atoms with E-state index in [0.717, 1.165) is 22.4 Å². The van der Waals surface area contributed by atoms with Gasteiger partial charge in [0.2, 0.25) is 5.91 Å². The number of amides is 2. The number of ether oxygens (including phenoxy) is 3. The molecule has 0 saturated carbocycles. The molecule has 3 aromatic rings. The second-order valence-electron chi connectivity index (χ2n) is 7.74. The normalized spacial score (nSPS) is 14.5. The van der Waals surface area contributed by atoms with E-state index in [9.17, 15) is 9.59 Å². The lowest BCUT2D eigenvalue weighted by Gasteiger charge is -2.13. The van der Waals surface area contributed by atoms with Crippen LogP contribution < -0.4 is 20.1 Å². The number of hydrogen-bond donors (Lipinski definition) is 2. The Balaban J connectivity index is 1.62. The number of rotatable bonds is 8. The Bertz CT molecular complexity index is 1190. The van der Waals surface area contributed by atoms with E-state index in [1.54, 1.807) is 32.1 Å². The minimum atomic E-state index is -0.779. The first kappa shape index (κ1) is 22.3. The molecule has 1 aromatic heterocycles. The van der Waals surface area contributed by atoms with Gasteiger partial charge in [0.05, 0.1) is 38.6 Å². The highest BCUT2D eigenvalue weighted by Gasteiger charge is 2.37. The number of aryl methyl sites for hydroxylation is 1. The number of aromatic nitrogens is 2. The molecule has 0 fully saturated rings. The molecule has 9 heteroatoms. The van der Waals surface area contributed by atoms with Gasteiger partial charge in [0.1, 0.15) is 23.4 Å². The Labute approximate surface area is 191 Å². The predicted octanol–water partition coefficient (Wildman–Crippen LogP) is 3.54. The van der Waals surface area contributed by atoms with Gasteiger partial charge in [0.15, 0.2) is 0 Å². The van der Waals surface area contributed by atoms with Crippen LogP contribution in [0.25, 0.3) is 11.1 Å². The zero-order chi connectivity index (χ0) is 23.5. The van der Waals surface area contributed by atoms with E-state index in [1.165, 1.54) is 0 Å². The summed E-state index contributed by atoms with van der Waals surface area (Å²) in [7, 11) is 4.73. The quantitative estimate of drug-likeness (QED) is 0.544. The summed E-state index contributed by atoms with van der Waals surface area (Å²) in [5.74, 6) is 1.21. The molecule has 0 radical (unpaired) electrons. The van der Waals surface area contributed by atoms with E-state index in [4.69, 9.17) is 14.2 Å². The molecule has 2 aromatic carbocycles. The fraction of sp³-hybridized carbons (Fsp3) is 0.292. The number of fused-ring (bicyclic) bond motifs is 1. The molecule has 1 unspecified atom stereocenters. The second-order valence-corrected chi connectivity index (χ2v) is 7.74. The van der Waals surface area contributed by atoms with Gasteiger partial charge in [-0.3, -0.25) is 9.59 Å². The molecule has 0 saturated heterocycles. The smallest absolute Gasteiger partial charge is 0.251 e. The molecule has 1 aliphatic rings. The van der Waals surface area contributed by atoms with Gasteiger partial charge in [0.25, 0.3) is 5.91 Å². The third-order valence-electron chi connectivity index (χ3n) is 5.49. The molecular weight excluding hydrogens is 424 g/mol. The molecule has 172 valence electrons. The van der Waals surface area contributed by atoms with Crippen molar-refractivity contribution in [1.82, 2.24) is 9.78 Å². The first-order valence-electron chi connectivity index (χ1n) is 10.4. The SMILES string of the molecule is COCc1nn2c(c1-c1ccc(OC)cc1)NC(=O)C2CC(=O)Nc1cc(C)ccc1OC. The molecule has 9 nitrogen and oxygen atoms in total. The third kappa shape index (κ3) is 4.40. The highest BCUT2D eigenvalue weighted by Crippen LogP contribution is 2.39. The second kappa shape index (κ2) is 9.33. The van der Waals surface area contributed by atoms with Crippen LogP contribution in [0.1, 0.15) is 23.7 Å². The molecule has 4 rings (SSSR count). The molecule has 0 bridgehead atoms. The van der Waals surface area contributed by atoms with Crippen LogP contribution >= 0.6 is 0 Å². The summed E-state index contributed by atoms with van der Waals surface area (Å²) in [5.41, 5.74) is 3.83. The highest BCUT2D eigenvalue weighted by atomic mass is 16.5. The molecule has 2 heterocycles. The van der Waals surface area contributed by atoms with Crippen LogP contribution in [0.3, 0.4) is 0 Å². The van der Waals surface area contributed by atoms with Crippen molar-refractivity contribution in [2.45, 2.75) is 26.0 Å². The summed E-state index contributed by atoms with van der Waals surface area (Å²) in [5, 5.41) is 10.4. The van der Waals surface area contributed by atoms with Crippen LogP contribution in [-0.2, 0) is 20.9 Å². The largest absolute Gasteiger partial charge is 0.497 e. The first-order chi connectivity index (χ1) is 15.9. The molecule has 0 spiro atoms. The Morgan fingerprint density at radius 2 is 1.88 bits per heavy atom. The van der Waals surface area contributed by atoms with Crippen LogP contribution in [0.15, 0.2) is 42.5 Å². The van der Waals surface area contributed by atoms with Gasteiger partial charge >= 0.3 is 0 Å². The van der Waals surface area contributed by atoms with Crippen LogP contribution in [0, 0.1) is 6.92 Å². The number of nitrogens with zero attached hydrogens (tertiary/aromatic N) is 2. The molecule has 33 heavy (non-hydrogen) atoms. The van der Waals surface area contributed by atoms with E-state index in [2.05, 4.69) is 15.7 Å². The minimum absolute atomic E-state index is 0.0773. The van der Waals surface area contributed by atoms with Crippen LogP contribution in [0.5, 0.6) is 11.5 Å². The lowest BCUT2D eigenvalue weighted by Crippen LogP contribution is -2.24. The Morgan fingerprint density at radius 1 is 1.12 bits per heavy atom. The third-order valence-corrected chi connectivity index (χ3v) is 5.49. The number of anilines is 2. The summed E-state index contributed by atoms with van der Waals surface area (Å²) >= 11 is 0. The molecule has 1 aliphatic heterocycles. The summed E-state index contributed by atoms with van der Waals surface area (Å²) in [6, 6.07) is 12.2. The lowest BCUT2D eigenvalue weighted by atomic mass is 10.1. The van der Waals surface area contributed by atoms with E-state index in [1.807, 2.05) is 43.3 Å². The summed E-state index contributed by atoms with van der Waals surface area (Å²) in [4.78, 5) is 25.6. The van der Waals surface area contributed by atoms with Crippen molar-refractivity contribution in [3.63, 3.8) is 0 Å². The number of carbonyl (C=O) groups is 2. The van der Waals surface area contributed by atoms with Crippen LogP contribution in [0.4, 0.5) is 11.5 Å². The van der Waals surface area contributed by atoms with Gasteiger partial charge < -0.3 is 24.8 Å². The van der Waals surface area contributed by atoms with E-state index in [-0.39, 0.29) is 24.8 Å². The van der Waals surface area contributed by atoms with Gasteiger partial charge in [0, 0.05) is 12.7 Å². The first-order valence-corrected chi connectivity index (χ1v) is 10.4. The number of benzene rings is 2. The topological polar surface area (TPSA) is 104 Å². The molecule has 1 atom stereocenters. The van der Waals surface area contributed by atoms with Crippen molar-refractivity contribution in [3.8, 4) is 22.6 Å². The average Bonchev–Trinajstić information content (AvgIpc) is 3.29. The zero-order valence-corrected chi connectivity index (χ0v) is 19.0. The minimum Gasteiger partial charge on any atom is -0.497 e. The highest BCUT2D eigenvalue weighted by molar-refractivity contribution is 6.04. The molecule has 2 amide bonds. The van der Waals surface area contributed by atoms with Gasteiger partial charge in [-0.25, -0.2) is 4.68 Å². The van der Waals surface area contributed by atoms with Crippen LogP contribution in [0.2, 0.25) is 0 Å². The van der Waals surface area contributed by atoms with E-state index in [0.29, 0.717) is 22.9 Å². The maximum absolute atomic E-state index is 12.8. The van der Waals surface area contributed by atoms with E-state index < -0.39 is 6.04 Å². The Kier molecular flexibility index (Phi) is 6.32. The van der Waals surface area contributed by atoms with Gasteiger partial charge in [-0.2, -0.15) is 5.10 Å². The summed E-state index contributed by atoms with van der Waals surface area (Å²) < 4.78 is 17.5. The van der Waals surface area contributed by atoms with Crippen molar-refractivity contribution in [2.75, 3.05) is 32.0 Å². The maximum Gasteiger partial charge on any atom is 0.251 e. The van der Waals surface area contributed by atoms with E-state index >= 15 is 0 Å². The van der Waals surface area contributed by atoms with Crippen molar-refractivity contribution in [1.29, 1.82) is 0 Å². The zero-order valence-electron chi connectivity index (χ0n) is 19.0. The van der Waals surface area contributed by atoms with Gasteiger partial charge in [-0.1, -0.05) is 18.2 Å². The maximum atomic E-state index is 12.8. The van der Waals surface area contributed by atoms with Crippen molar-refractivity contribution in [2.24, 2.45) is 0 Å². The Hall–Kier alpha value is -3.85. The number of methoxy groups -OCH3 is 3. The fourth-order valence-electron chi connectivity index (χ4n) is 3.91. The summed E-state index contributed by atoms with van der Waals surface area (Å²) in [6.45, 7) is 2.18. The Morgan fingerprint density at radius 3 is 2.55 bits per heavy atom. The van der Waals surface area contributed by atoms with Gasteiger partial charge in [-0.15, -0.1) is 0 Å². The fourth-order valence-corrected chi connectivity index (χ4v) is 3.91. The van der Waals surface area contributed by atoms with Crippen LogP contribution in [-0.4, -0.2) is 42.9 Å². The standard InChI is InChI=1S/C24H26N4O5/c1-14-5-10-20(33-4)17(11-14)25-21(29)12-19-24(30)26-23-22(18(13-31-2)27-28(19)23)15-6-8-16(32-3)9-7-15/h5-11,19H,12-13H2,1-4H3,(H,25,29)(H,26,30). The van der Waals surface area contributed by atoms with Gasteiger partial charge in [-0.05, 0) is 42.3 Å². The van der Waals surface area contributed by atoms with Crippen molar-refractivity contribution in [3.05, 3.63) is 53.7 Å². The molecule has 0 aliphatic carbocycles.